The largest absolute Gasteiger partial charge is 0.534 e. The van der Waals surface area contributed by atoms with Crippen molar-refractivity contribution in [3.63, 3.8) is 0 Å². The van der Waals surface area contributed by atoms with Crippen molar-refractivity contribution in [2.75, 3.05) is 0 Å². The first-order valence-corrected chi connectivity index (χ1v) is 13.0. The Morgan fingerprint density at radius 3 is 2.54 bits per heavy atom. The third-order valence-corrected chi connectivity index (χ3v) is 8.88. The van der Waals surface area contributed by atoms with Gasteiger partial charge >= 0.3 is 21.6 Å². The highest BCUT2D eigenvalue weighted by atomic mass is 32.2. The Morgan fingerprint density at radius 2 is 1.83 bits per heavy atom. The van der Waals surface area contributed by atoms with Crippen LogP contribution in [0.25, 0.3) is 0 Å². The molecule has 3 aliphatic rings. The number of hydrogen-bond donors (Lipinski definition) is 0. The van der Waals surface area contributed by atoms with Gasteiger partial charge in [-0.1, -0.05) is 31.2 Å². The number of aryl methyl sites for hydroxylation is 1. The van der Waals surface area contributed by atoms with Crippen LogP contribution < -0.4 is 4.74 Å². The van der Waals surface area contributed by atoms with E-state index < -0.39 is 27.0 Å². The maximum Gasteiger partial charge on any atom is 0.534 e. The molecular formula is C26H25F3O5S. The molecule has 4 atom stereocenters. The zero-order valence-electron chi connectivity index (χ0n) is 19.0. The van der Waals surface area contributed by atoms with Gasteiger partial charge in [0.15, 0.2) is 0 Å². The molecule has 2 aromatic rings. The summed E-state index contributed by atoms with van der Waals surface area (Å²) in [6, 6.07) is 14.4. The van der Waals surface area contributed by atoms with E-state index in [-0.39, 0.29) is 23.5 Å². The molecule has 2 aromatic carbocycles. The number of alkyl halides is 3. The van der Waals surface area contributed by atoms with Gasteiger partial charge in [0, 0.05) is 5.41 Å². The van der Waals surface area contributed by atoms with Crippen molar-refractivity contribution in [1.82, 2.24) is 0 Å². The molecule has 0 N–H and O–H groups in total. The maximum atomic E-state index is 12.9. The van der Waals surface area contributed by atoms with Crippen LogP contribution in [0.15, 0.2) is 60.4 Å². The topological polar surface area (TPSA) is 69.7 Å². The van der Waals surface area contributed by atoms with Gasteiger partial charge in [0.1, 0.15) is 11.5 Å². The Balaban J connectivity index is 1.33. The SMILES string of the molecule is C[C@]12CC[C@@H]3c4ccc(OC(=O)c5ccccc5)cc4CC[C@H]3[C@@H]1CC=C2OS(=O)(=O)C(F)(F)F. The molecule has 35 heavy (non-hydrogen) atoms. The van der Waals surface area contributed by atoms with E-state index in [1.54, 1.807) is 30.3 Å². The highest BCUT2D eigenvalue weighted by molar-refractivity contribution is 7.87. The Bertz CT molecular complexity index is 1290. The van der Waals surface area contributed by atoms with Crippen molar-refractivity contribution in [1.29, 1.82) is 0 Å². The summed E-state index contributed by atoms with van der Waals surface area (Å²) in [6.07, 6.45) is 4.82. The fraction of sp³-hybridized carbons (Fsp3) is 0.423. The lowest BCUT2D eigenvalue weighted by Crippen LogP contribution is -2.42. The first-order chi connectivity index (χ1) is 16.5. The summed E-state index contributed by atoms with van der Waals surface area (Å²) in [5.74, 6) is 0.390. The van der Waals surface area contributed by atoms with Crippen molar-refractivity contribution in [2.45, 2.75) is 50.5 Å². The van der Waals surface area contributed by atoms with Crippen LogP contribution in [0.3, 0.4) is 0 Å². The Hall–Kier alpha value is -2.81. The van der Waals surface area contributed by atoms with Crippen LogP contribution in [-0.2, 0) is 20.7 Å². The molecule has 0 radical (unpaired) electrons. The van der Waals surface area contributed by atoms with Crippen LogP contribution in [0.1, 0.15) is 60.0 Å². The van der Waals surface area contributed by atoms with Gasteiger partial charge in [-0.3, -0.25) is 0 Å². The zero-order valence-corrected chi connectivity index (χ0v) is 19.9. The van der Waals surface area contributed by atoms with E-state index in [0.29, 0.717) is 30.6 Å². The third kappa shape index (κ3) is 4.13. The highest BCUT2D eigenvalue weighted by Crippen LogP contribution is 2.61. The summed E-state index contributed by atoms with van der Waals surface area (Å²) >= 11 is 0. The molecule has 9 heteroatoms. The number of esters is 1. The van der Waals surface area contributed by atoms with Gasteiger partial charge in [0.25, 0.3) is 0 Å². The molecule has 0 unspecified atom stereocenters. The Labute approximate surface area is 202 Å². The first kappa shape index (κ1) is 23.9. The lowest BCUT2D eigenvalue weighted by atomic mass is 9.55. The predicted molar refractivity (Wildman–Crippen MR) is 122 cm³/mol. The second kappa shape index (κ2) is 8.40. The van der Waals surface area contributed by atoms with E-state index in [1.165, 1.54) is 11.6 Å². The highest BCUT2D eigenvalue weighted by Gasteiger charge is 2.56. The van der Waals surface area contributed by atoms with Crippen LogP contribution in [0.4, 0.5) is 13.2 Å². The van der Waals surface area contributed by atoms with E-state index in [1.807, 2.05) is 25.1 Å². The van der Waals surface area contributed by atoms with Crippen LogP contribution in [0.5, 0.6) is 5.75 Å². The number of ether oxygens (including phenoxy) is 1. The molecule has 1 fully saturated rings. The molecule has 0 amide bonds. The lowest BCUT2D eigenvalue weighted by molar-refractivity contribution is -0.0544. The molecule has 0 bridgehead atoms. The first-order valence-electron chi connectivity index (χ1n) is 11.6. The number of allylic oxidation sites excluding steroid dienone is 2. The van der Waals surface area contributed by atoms with Gasteiger partial charge in [-0.2, -0.15) is 21.6 Å². The number of benzene rings is 2. The van der Waals surface area contributed by atoms with E-state index in [0.717, 1.165) is 18.4 Å². The number of rotatable bonds is 4. The van der Waals surface area contributed by atoms with Gasteiger partial charge in [0.2, 0.25) is 0 Å². The number of carbonyl (C=O) groups is 1. The monoisotopic (exact) mass is 506 g/mol. The molecule has 5 rings (SSSR count). The molecule has 0 spiro atoms. The van der Waals surface area contributed by atoms with Gasteiger partial charge in [-0.15, -0.1) is 0 Å². The van der Waals surface area contributed by atoms with Crippen molar-refractivity contribution >= 4 is 16.1 Å². The number of halogens is 3. The molecule has 0 heterocycles. The Morgan fingerprint density at radius 1 is 1.09 bits per heavy atom. The lowest BCUT2D eigenvalue weighted by Gasteiger charge is -2.49. The summed E-state index contributed by atoms with van der Waals surface area (Å²) in [6.45, 7) is 1.82. The van der Waals surface area contributed by atoms with Crippen LogP contribution in [0, 0.1) is 17.3 Å². The fourth-order valence-electron chi connectivity index (χ4n) is 6.19. The minimum absolute atomic E-state index is 0.00317. The summed E-state index contributed by atoms with van der Waals surface area (Å²) in [7, 11) is -5.69. The molecule has 186 valence electrons. The second-order valence-corrected chi connectivity index (χ2v) is 11.3. The third-order valence-electron chi connectivity index (χ3n) is 7.91. The minimum atomic E-state index is -5.69. The quantitative estimate of drug-likeness (QED) is 0.216. The van der Waals surface area contributed by atoms with Gasteiger partial charge in [-0.05, 0) is 91.3 Å². The average Bonchev–Trinajstić information content (AvgIpc) is 3.14. The van der Waals surface area contributed by atoms with Gasteiger partial charge < -0.3 is 8.92 Å². The Kier molecular flexibility index (Phi) is 5.74. The predicted octanol–water partition coefficient (Wildman–Crippen LogP) is 6.12. The molecule has 0 aliphatic heterocycles. The van der Waals surface area contributed by atoms with E-state index in [4.69, 9.17) is 4.74 Å². The second-order valence-electron chi connectivity index (χ2n) is 9.78. The molecule has 0 aromatic heterocycles. The molecule has 3 aliphatic carbocycles. The van der Waals surface area contributed by atoms with Crippen molar-refractivity contribution < 1.29 is 35.3 Å². The van der Waals surface area contributed by atoms with E-state index in [2.05, 4.69) is 4.18 Å². The van der Waals surface area contributed by atoms with Gasteiger partial charge in [-0.25, -0.2) is 4.79 Å². The summed E-state index contributed by atoms with van der Waals surface area (Å²) < 4.78 is 72.2. The average molecular weight is 507 g/mol. The smallest absolute Gasteiger partial charge is 0.423 e. The minimum Gasteiger partial charge on any atom is -0.423 e. The van der Waals surface area contributed by atoms with Crippen LogP contribution in [0.2, 0.25) is 0 Å². The van der Waals surface area contributed by atoms with Gasteiger partial charge in [0.05, 0.1) is 5.56 Å². The van der Waals surface area contributed by atoms with Crippen molar-refractivity contribution in [2.24, 2.45) is 17.3 Å². The standard InChI is InChI=1S/C26H25F3O5S/c1-25-14-13-20-19-10-8-18(33-24(30)16-5-3-2-4-6-16)15-17(19)7-9-21(20)22(25)11-12-23(25)34-35(31,32)26(27,28)29/h2-6,8,10,12,15,20-22H,7,9,11,13-14H2,1H3/t20-,21-,22+,25+/m1/s1. The van der Waals surface area contributed by atoms with E-state index >= 15 is 0 Å². The molecular weight excluding hydrogens is 481 g/mol. The fourth-order valence-corrected chi connectivity index (χ4v) is 6.77. The maximum absolute atomic E-state index is 12.9. The number of hydrogen-bond acceptors (Lipinski definition) is 5. The summed E-state index contributed by atoms with van der Waals surface area (Å²) in [4.78, 5) is 12.4. The summed E-state index contributed by atoms with van der Waals surface area (Å²) in [5, 5.41) is 0. The molecule has 0 saturated heterocycles. The molecule has 5 nitrogen and oxygen atoms in total. The van der Waals surface area contributed by atoms with Crippen LogP contribution >= 0.6 is 0 Å². The normalized spacial score (nSPS) is 27.8. The van der Waals surface area contributed by atoms with Crippen LogP contribution in [-0.4, -0.2) is 19.9 Å². The molecule has 1 saturated carbocycles. The zero-order chi connectivity index (χ0) is 25.0. The van der Waals surface area contributed by atoms with Crippen molar-refractivity contribution in [3.05, 3.63) is 77.1 Å². The number of fused-ring (bicyclic) bond motifs is 5. The number of carbonyl (C=O) groups excluding carboxylic acids is 1. The van der Waals surface area contributed by atoms with E-state index in [9.17, 15) is 26.4 Å². The summed E-state index contributed by atoms with van der Waals surface area (Å²) in [5.41, 5.74) is -3.46. The van der Waals surface area contributed by atoms with Crippen molar-refractivity contribution in [3.8, 4) is 5.75 Å².